The van der Waals surface area contributed by atoms with E-state index in [4.69, 9.17) is 4.74 Å². The predicted molar refractivity (Wildman–Crippen MR) is 93.4 cm³/mol. The fourth-order valence-corrected chi connectivity index (χ4v) is 3.89. The summed E-state index contributed by atoms with van der Waals surface area (Å²) in [4.78, 5) is 28.6. The van der Waals surface area contributed by atoms with Crippen molar-refractivity contribution in [3.05, 3.63) is 18.0 Å². The molecule has 0 atom stereocenters. The minimum absolute atomic E-state index is 0.0944. The predicted octanol–water partition coefficient (Wildman–Crippen LogP) is 1.92. The molecule has 0 aliphatic carbocycles. The first kappa shape index (κ1) is 19.7. The minimum Gasteiger partial charge on any atom is -0.371 e. The summed E-state index contributed by atoms with van der Waals surface area (Å²) in [5.74, 6) is -0.345. The number of nitrogens with zero attached hydrogens (tertiary/aromatic N) is 3. The molecule has 3 rings (SSSR count). The van der Waals surface area contributed by atoms with Crippen molar-refractivity contribution >= 4 is 11.8 Å². The summed E-state index contributed by atoms with van der Waals surface area (Å²) in [7, 11) is 0. The largest absolute Gasteiger partial charge is 0.371 e. The Hall–Kier alpha value is -2.03. The van der Waals surface area contributed by atoms with E-state index in [-0.39, 0.29) is 11.8 Å². The second kappa shape index (κ2) is 7.53. The molecule has 0 bridgehead atoms. The first-order chi connectivity index (χ1) is 12.7. The number of carbonyl (C=O) groups is 2. The number of ether oxygens (including phenoxy) is 1. The van der Waals surface area contributed by atoms with Crippen LogP contribution in [0, 0.1) is 5.41 Å². The highest BCUT2D eigenvalue weighted by atomic mass is 19.3. The van der Waals surface area contributed by atoms with Crippen molar-refractivity contribution in [1.82, 2.24) is 20.0 Å². The van der Waals surface area contributed by atoms with Gasteiger partial charge in [0.25, 0.3) is 5.91 Å². The molecule has 1 aromatic rings. The van der Waals surface area contributed by atoms with Gasteiger partial charge in [-0.1, -0.05) is 13.8 Å². The Labute approximate surface area is 157 Å². The van der Waals surface area contributed by atoms with Gasteiger partial charge in [-0.05, 0) is 12.8 Å². The number of H-pyrrole nitrogens is 1. The normalized spacial score (nSPS) is 20.3. The molecule has 2 amide bonds. The number of amides is 2. The van der Waals surface area contributed by atoms with Crippen molar-refractivity contribution in [2.75, 3.05) is 32.8 Å². The lowest BCUT2D eigenvalue weighted by Gasteiger charge is -2.48. The van der Waals surface area contributed by atoms with E-state index in [1.165, 1.54) is 6.20 Å². The first-order valence-corrected chi connectivity index (χ1v) is 9.22. The van der Waals surface area contributed by atoms with Gasteiger partial charge in [0.15, 0.2) is 0 Å². The topological polar surface area (TPSA) is 78.5 Å². The number of rotatable bonds is 4. The summed E-state index contributed by atoms with van der Waals surface area (Å²) >= 11 is 0. The lowest BCUT2D eigenvalue weighted by molar-refractivity contribution is -0.155. The molecular formula is C18H26F2N4O3. The van der Waals surface area contributed by atoms with E-state index in [1.54, 1.807) is 29.8 Å². The van der Waals surface area contributed by atoms with E-state index in [0.29, 0.717) is 51.2 Å². The number of likely N-dealkylation sites (tertiary alicyclic amines) is 1. The lowest BCUT2D eigenvalue weighted by Crippen LogP contribution is -2.59. The summed E-state index contributed by atoms with van der Waals surface area (Å²) in [6, 6.07) is 0. The molecule has 27 heavy (non-hydrogen) atoms. The highest BCUT2D eigenvalue weighted by molar-refractivity contribution is 5.93. The monoisotopic (exact) mass is 384 g/mol. The molecule has 2 aliphatic rings. The number of aromatic amines is 1. The fourth-order valence-electron chi connectivity index (χ4n) is 3.89. The Balaban J connectivity index is 1.60. The molecule has 1 N–H and O–H groups in total. The number of carbonyl (C=O) groups excluding carboxylic acids is 2. The molecule has 0 radical (unpaired) electrons. The van der Waals surface area contributed by atoms with Gasteiger partial charge in [0, 0.05) is 37.7 Å². The second-order valence-electron chi connectivity index (χ2n) is 8.02. The van der Waals surface area contributed by atoms with Gasteiger partial charge in [-0.15, -0.1) is 0 Å². The maximum absolute atomic E-state index is 12.7. The lowest BCUT2D eigenvalue weighted by atomic mass is 9.84. The van der Waals surface area contributed by atoms with Gasteiger partial charge < -0.3 is 14.5 Å². The SMILES string of the molecule is CC(C)(CC(F)F)C(=O)N1CCC2(CC1)CN(C(=O)c1cn[nH]c1)CCO2. The maximum atomic E-state index is 12.7. The quantitative estimate of drug-likeness (QED) is 0.860. The molecule has 150 valence electrons. The molecule has 2 fully saturated rings. The summed E-state index contributed by atoms with van der Waals surface area (Å²) in [5, 5.41) is 6.45. The Morgan fingerprint density at radius 1 is 1.30 bits per heavy atom. The van der Waals surface area contributed by atoms with E-state index in [0.717, 1.165) is 0 Å². The van der Waals surface area contributed by atoms with Crippen LogP contribution in [0.4, 0.5) is 8.78 Å². The van der Waals surface area contributed by atoms with Crippen molar-refractivity contribution in [2.45, 2.75) is 45.1 Å². The van der Waals surface area contributed by atoms with Crippen LogP contribution in [0.15, 0.2) is 12.4 Å². The van der Waals surface area contributed by atoms with Gasteiger partial charge in [0.05, 0.1) is 30.5 Å². The molecule has 0 saturated carbocycles. The van der Waals surface area contributed by atoms with Crippen LogP contribution in [0.2, 0.25) is 0 Å². The number of piperidine rings is 1. The van der Waals surface area contributed by atoms with Crippen LogP contribution in [0.3, 0.4) is 0 Å². The van der Waals surface area contributed by atoms with Crippen LogP contribution < -0.4 is 0 Å². The van der Waals surface area contributed by atoms with Crippen molar-refractivity contribution in [3.8, 4) is 0 Å². The van der Waals surface area contributed by atoms with E-state index in [9.17, 15) is 18.4 Å². The molecular weight excluding hydrogens is 358 g/mol. The van der Waals surface area contributed by atoms with Gasteiger partial charge >= 0.3 is 0 Å². The zero-order valence-corrected chi connectivity index (χ0v) is 15.7. The Kier molecular flexibility index (Phi) is 5.50. The van der Waals surface area contributed by atoms with Gasteiger partial charge in [-0.25, -0.2) is 8.78 Å². The molecule has 1 aromatic heterocycles. The zero-order valence-electron chi connectivity index (χ0n) is 15.7. The van der Waals surface area contributed by atoms with Gasteiger partial charge in [0.2, 0.25) is 12.3 Å². The number of aromatic nitrogens is 2. The Morgan fingerprint density at radius 3 is 2.59 bits per heavy atom. The van der Waals surface area contributed by atoms with Crippen LogP contribution >= 0.6 is 0 Å². The van der Waals surface area contributed by atoms with Crippen LogP contribution in [-0.4, -0.2) is 76.6 Å². The number of nitrogens with one attached hydrogen (secondary N) is 1. The van der Waals surface area contributed by atoms with Crippen LogP contribution in [0.1, 0.15) is 43.5 Å². The summed E-state index contributed by atoms with van der Waals surface area (Å²) < 4.78 is 31.5. The van der Waals surface area contributed by atoms with Gasteiger partial charge in [0.1, 0.15) is 0 Å². The third-order valence-corrected chi connectivity index (χ3v) is 5.49. The number of hydrogen-bond acceptors (Lipinski definition) is 4. The zero-order chi connectivity index (χ0) is 19.7. The highest BCUT2D eigenvalue weighted by Crippen LogP contribution is 2.34. The van der Waals surface area contributed by atoms with E-state index >= 15 is 0 Å². The van der Waals surface area contributed by atoms with Crippen molar-refractivity contribution in [1.29, 1.82) is 0 Å². The average molecular weight is 384 g/mol. The molecule has 1 spiro atoms. The number of morpholine rings is 1. The summed E-state index contributed by atoms with van der Waals surface area (Å²) in [6.45, 7) is 5.42. The number of alkyl halides is 2. The molecule has 0 unspecified atom stereocenters. The van der Waals surface area contributed by atoms with E-state index in [1.807, 2.05) is 0 Å². The van der Waals surface area contributed by atoms with Crippen molar-refractivity contribution < 1.29 is 23.1 Å². The highest BCUT2D eigenvalue weighted by Gasteiger charge is 2.44. The van der Waals surface area contributed by atoms with Gasteiger partial charge in [-0.3, -0.25) is 14.7 Å². The first-order valence-electron chi connectivity index (χ1n) is 9.22. The Morgan fingerprint density at radius 2 is 2.00 bits per heavy atom. The molecule has 0 aromatic carbocycles. The molecule has 2 aliphatic heterocycles. The molecule has 2 saturated heterocycles. The van der Waals surface area contributed by atoms with Crippen molar-refractivity contribution in [2.24, 2.45) is 5.41 Å². The Bertz CT molecular complexity index is 670. The van der Waals surface area contributed by atoms with E-state index in [2.05, 4.69) is 10.2 Å². The average Bonchev–Trinajstić information content (AvgIpc) is 3.15. The molecule has 9 heteroatoms. The maximum Gasteiger partial charge on any atom is 0.257 e. The standard InChI is InChI=1S/C18H26F2N4O3/c1-17(2,9-14(19)20)16(26)23-5-3-18(4-6-23)12-24(7-8-27-18)15(25)13-10-21-22-11-13/h10-11,14H,3-9,12H2,1-2H3,(H,21,22). The smallest absolute Gasteiger partial charge is 0.257 e. The minimum atomic E-state index is -2.51. The second-order valence-corrected chi connectivity index (χ2v) is 8.02. The third kappa shape index (κ3) is 4.28. The fraction of sp³-hybridized carbons (Fsp3) is 0.722. The summed E-state index contributed by atoms with van der Waals surface area (Å²) in [5.41, 5.74) is -1.06. The van der Waals surface area contributed by atoms with Crippen LogP contribution in [0.25, 0.3) is 0 Å². The van der Waals surface area contributed by atoms with E-state index < -0.39 is 23.9 Å². The summed E-state index contributed by atoms with van der Waals surface area (Å²) in [6.07, 6.45) is 1.27. The van der Waals surface area contributed by atoms with Gasteiger partial charge in [-0.2, -0.15) is 5.10 Å². The number of hydrogen-bond donors (Lipinski definition) is 1. The molecule has 7 nitrogen and oxygen atoms in total. The third-order valence-electron chi connectivity index (χ3n) is 5.49. The molecule has 3 heterocycles. The van der Waals surface area contributed by atoms with Crippen molar-refractivity contribution in [3.63, 3.8) is 0 Å². The van der Waals surface area contributed by atoms with Crippen LogP contribution in [0.5, 0.6) is 0 Å². The van der Waals surface area contributed by atoms with Crippen LogP contribution in [-0.2, 0) is 9.53 Å². The number of halogens is 2.